The van der Waals surface area contributed by atoms with Gasteiger partial charge < -0.3 is 15.3 Å². The van der Waals surface area contributed by atoms with E-state index in [-0.39, 0.29) is 0 Å². The summed E-state index contributed by atoms with van der Waals surface area (Å²) in [5, 5.41) is 14.1. The van der Waals surface area contributed by atoms with Gasteiger partial charge in [0, 0.05) is 31.6 Å². The quantitative estimate of drug-likeness (QED) is 0.855. The van der Waals surface area contributed by atoms with Gasteiger partial charge in [0.1, 0.15) is 5.82 Å². The largest absolute Gasteiger partial charge is 0.396 e. The van der Waals surface area contributed by atoms with E-state index in [1.165, 1.54) is 22.9 Å². The molecule has 24 heavy (non-hydrogen) atoms. The normalized spacial score (nSPS) is 18.9. The molecule has 3 rings (SSSR count). The summed E-state index contributed by atoms with van der Waals surface area (Å²) in [6.07, 6.45) is 3.41. The highest BCUT2D eigenvalue weighted by Crippen LogP contribution is 2.22. The van der Waals surface area contributed by atoms with Gasteiger partial charge in [0.05, 0.1) is 5.52 Å². The standard InChI is InChI=1S/C20H29N3O/c1-3-16-6-7-19-18(12-16)15(2)11-20(22-19)21-8-10-23-9-4-5-17(13-23)14-24/h6-7,11-12,17,24H,3-5,8-10,13-14H2,1-2H3,(H,21,22). The molecule has 1 saturated heterocycles. The molecule has 0 saturated carbocycles. The number of piperidine rings is 1. The number of nitrogens with zero attached hydrogens (tertiary/aromatic N) is 2. The highest BCUT2D eigenvalue weighted by Gasteiger charge is 2.18. The van der Waals surface area contributed by atoms with Gasteiger partial charge in [-0.2, -0.15) is 0 Å². The molecule has 1 aromatic carbocycles. The number of benzene rings is 1. The first kappa shape index (κ1) is 17.2. The monoisotopic (exact) mass is 327 g/mol. The van der Waals surface area contributed by atoms with Crippen LogP contribution in [-0.4, -0.2) is 47.8 Å². The average Bonchev–Trinajstić information content (AvgIpc) is 2.62. The van der Waals surface area contributed by atoms with Crippen LogP contribution in [-0.2, 0) is 6.42 Å². The summed E-state index contributed by atoms with van der Waals surface area (Å²) in [7, 11) is 0. The van der Waals surface area contributed by atoms with Gasteiger partial charge >= 0.3 is 0 Å². The van der Waals surface area contributed by atoms with Crippen LogP contribution >= 0.6 is 0 Å². The van der Waals surface area contributed by atoms with E-state index in [0.29, 0.717) is 12.5 Å². The van der Waals surface area contributed by atoms with Gasteiger partial charge in [-0.05, 0) is 68.0 Å². The van der Waals surface area contributed by atoms with E-state index in [9.17, 15) is 5.11 Å². The zero-order chi connectivity index (χ0) is 16.9. The van der Waals surface area contributed by atoms with Crippen LogP contribution in [0.3, 0.4) is 0 Å². The molecular weight excluding hydrogens is 298 g/mol. The number of aryl methyl sites for hydroxylation is 2. The Kier molecular flexibility index (Phi) is 5.69. The number of pyridine rings is 1. The van der Waals surface area contributed by atoms with E-state index >= 15 is 0 Å². The molecule has 2 N–H and O–H groups in total. The molecule has 0 spiro atoms. The second-order valence-electron chi connectivity index (χ2n) is 6.95. The number of fused-ring (bicyclic) bond motifs is 1. The number of anilines is 1. The van der Waals surface area contributed by atoms with Crippen LogP contribution in [0.2, 0.25) is 0 Å². The van der Waals surface area contributed by atoms with Gasteiger partial charge in [0.15, 0.2) is 0 Å². The first-order chi connectivity index (χ1) is 11.7. The molecule has 0 bridgehead atoms. The Hall–Kier alpha value is -1.65. The molecule has 1 aliphatic rings. The van der Waals surface area contributed by atoms with E-state index < -0.39 is 0 Å². The van der Waals surface area contributed by atoms with Gasteiger partial charge in [-0.15, -0.1) is 0 Å². The Bertz CT molecular complexity index is 686. The van der Waals surface area contributed by atoms with E-state index in [1.54, 1.807) is 0 Å². The number of nitrogens with one attached hydrogen (secondary N) is 1. The summed E-state index contributed by atoms with van der Waals surface area (Å²) in [5.74, 6) is 1.41. The lowest BCUT2D eigenvalue weighted by molar-refractivity contribution is 0.123. The maximum Gasteiger partial charge on any atom is 0.126 e. The molecule has 0 amide bonds. The lowest BCUT2D eigenvalue weighted by Gasteiger charge is -2.31. The predicted molar refractivity (Wildman–Crippen MR) is 101 cm³/mol. The zero-order valence-electron chi connectivity index (χ0n) is 14.9. The van der Waals surface area contributed by atoms with Crippen LogP contribution in [0.5, 0.6) is 0 Å². The van der Waals surface area contributed by atoms with Crippen molar-refractivity contribution < 1.29 is 5.11 Å². The second kappa shape index (κ2) is 7.95. The summed E-state index contributed by atoms with van der Waals surface area (Å²) in [6.45, 7) is 8.71. The smallest absolute Gasteiger partial charge is 0.126 e. The third kappa shape index (κ3) is 4.05. The lowest BCUT2D eigenvalue weighted by atomic mass is 9.99. The van der Waals surface area contributed by atoms with Crippen molar-refractivity contribution in [3.63, 3.8) is 0 Å². The van der Waals surface area contributed by atoms with Crippen LogP contribution in [0.1, 0.15) is 30.9 Å². The minimum atomic E-state index is 0.315. The van der Waals surface area contributed by atoms with Gasteiger partial charge in [-0.25, -0.2) is 4.98 Å². The molecule has 4 heteroatoms. The van der Waals surface area contributed by atoms with Crippen molar-refractivity contribution in [3.05, 3.63) is 35.4 Å². The topological polar surface area (TPSA) is 48.4 Å². The molecule has 130 valence electrons. The molecule has 1 aliphatic heterocycles. The fourth-order valence-electron chi connectivity index (χ4n) is 3.60. The van der Waals surface area contributed by atoms with Crippen LogP contribution in [0.25, 0.3) is 10.9 Å². The summed E-state index contributed by atoms with van der Waals surface area (Å²) >= 11 is 0. The number of aromatic nitrogens is 1. The highest BCUT2D eigenvalue weighted by molar-refractivity contribution is 5.84. The number of aliphatic hydroxyl groups is 1. The summed E-state index contributed by atoms with van der Waals surface area (Å²) in [5.41, 5.74) is 3.70. The van der Waals surface area contributed by atoms with Crippen molar-refractivity contribution in [2.24, 2.45) is 5.92 Å². The van der Waals surface area contributed by atoms with E-state index in [1.807, 2.05) is 0 Å². The van der Waals surface area contributed by atoms with E-state index in [0.717, 1.165) is 50.4 Å². The van der Waals surface area contributed by atoms with Gasteiger partial charge in [0.25, 0.3) is 0 Å². The molecule has 1 unspecified atom stereocenters. The zero-order valence-corrected chi connectivity index (χ0v) is 14.9. The molecule has 1 fully saturated rings. The maximum atomic E-state index is 9.33. The van der Waals surface area contributed by atoms with E-state index in [4.69, 9.17) is 4.98 Å². The van der Waals surface area contributed by atoms with Crippen LogP contribution < -0.4 is 5.32 Å². The van der Waals surface area contributed by atoms with Gasteiger partial charge in [-0.3, -0.25) is 0 Å². The first-order valence-corrected chi connectivity index (χ1v) is 9.17. The summed E-state index contributed by atoms with van der Waals surface area (Å²) in [4.78, 5) is 7.20. The third-order valence-electron chi connectivity index (χ3n) is 5.08. The second-order valence-corrected chi connectivity index (χ2v) is 6.95. The molecule has 1 aromatic heterocycles. The Morgan fingerprint density at radius 1 is 1.33 bits per heavy atom. The SMILES string of the molecule is CCc1ccc2nc(NCCN3CCCC(CO)C3)cc(C)c2c1. The van der Waals surface area contributed by atoms with Crippen LogP contribution in [0.15, 0.2) is 24.3 Å². The number of aliphatic hydroxyl groups excluding tert-OH is 1. The minimum absolute atomic E-state index is 0.315. The molecule has 1 atom stereocenters. The predicted octanol–water partition coefficient (Wildman–Crippen LogP) is 3.22. The van der Waals surface area contributed by atoms with Crippen molar-refractivity contribution in [1.29, 1.82) is 0 Å². The Morgan fingerprint density at radius 3 is 3.00 bits per heavy atom. The first-order valence-electron chi connectivity index (χ1n) is 9.17. The van der Waals surface area contributed by atoms with Crippen molar-refractivity contribution in [3.8, 4) is 0 Å². The molecule has 0 radical (unpaired) electrons. The Labute approximate surface area is 144 Å². The fourth-order valence-corrected chi connectivity index (χ4v) is 3.60. The van der Waals surface area contributed by atoms with Crippen molar-refractivity contribution in [2.75, 3.05) is 38.1 Å². The third-order valence-corrected chi connectivity index (χ3v) is 5.08. The van der Waals surface area contributed by atoms with Crippen LogP contribution in [0.4, 0.5) is 5.82 Å². The molecule has 0 aliphatic carbocycles. The van der Waals surface area contributed by atoms with E-state index in [2.05, 4.69) is 48.3 Å². The number of rotatable bonds is 6. The number of likely N-dealkylation sites (tertiary alicyclic amines) is 1. The number of hydrogen-bond donors (Lipinski definition) is 2. The Morgan fingerprint density at radius 2 is 2.21 bits per heavy atom. The lowest BCUT2D eigenvalue weighted by Crippen LogP contribution is -2.39. The van der Waals surface area contributed by atoms with Crippen molar-refractivity contribution >= 4 is 16.7 Å². The highest BCUT2D eigenvalue weighted by atomic mass is 16.3. The summed E-state index contributed by atoms with van der Waals surface area (Å²) in [6, 6.07) is 8.70. The number of hydrogen-bond acceptors (Lipinski definition) is 4. The van der Waals surface area contributed by atoms with Crippen molar-refractivity contribution in [1.82, 2.24) is 9.88 Å². The molecule has 2 aromatic rings. The molecule has 4 nitrogen and oxygen atoms in total. The minimum Gasteiger partial charge on any atom is -0.396 e. The van der Waals surface area contributed by atoms with Crippen LogP contribution in [0, 0.1) is 12.8 Å². The average molecular weight is 327 g/mol. The van der Waals surface area contributed by atoms with Gasteiger partial charge in [-0.1, -0.05) is 13.0 Å². The van der Waals surface area contributed by atoms with Crippen molar-refractivity contribution in [2.45, 2.75) is 33.1 Å². The molecular formula is C20H29N3O. The molecule has 2 heterocycles. The maximum absolute atomic E-state index is 9.33. The van der Waals surface area contributed by atoms with Gasteiger partial charge in [0.2, 0.25) is 0 Å². The fraction of sp³-hybridized carbons (Fsp3) is 0.550. The summed E-state index contributed by atoms with van der Waals surface area (Å²) < 4.78 is 0. The Balaban J connectivity index is 1.61.